The highest BCUT2D eigenvalue weighted by Gasteiger charge is 2.52. The topological polar surface area (TPSA) is 74.2 Å². The largest absolute Gasteiger partial charge is 0.497 e. The van der Waals surface area contributed by atoms with Gasteiger partial charge in [0.2, 0.25) is 0 Å². The van der Waals surface area contributed by atoms with Crippen LogP contribution in [0.5, 0.6) is 11.5 Å². The van der Waals surface area contributed by atoms with Gasteiger partial charge in [-0.2, -0.15) is 0 Å². The average molecular weight is 475 g/mol. The minimum absolute atomic E-state index is 0.0105. The fourth-order valence-corrected chi connectivity index (χ4v) is 4.92. The van der Waals surface area contributed by atoms with E-state index in [0.29, 0.717) is 35.5 Å². The fourth-order valence-electron chi connectivity index (χ4n) is 3.59. The first-order valence-electron chi connectivity index (χ1n) is 11.3. The molecule has 1 saturated carbocycles. The molecule has 1 aromatic carbocycles. The standard InChI is InChI=1S/C26H38O6Si/c1-10-31-24(28)26(15-13-19-17-20(29-6)11-12-22(19)30-7)16-14-21(18(2)23(26)27)32-33(8,9)25(3,4)5/h11-12,17,21,23,27H,2,10,14,16H2,1,3-9H3/t21-,23+,26+/m0/s1. The van der Waals surface area contributed by atoms with Gasteiger partial charge in [0.05, 0.1) is 32.5 Å². The Morgan fingerprint density at radius 1 is 1.27 bits per heavy atom. The molecule has 0 amide bonds. The molecule has 6 nitrogen and oxygen atoms in total. The molecule has 7 heteroatoms. The summed E-state index contributed by atoms with van der Waals surface area (Å²) >= 11 is 0. The number of aliphatic hydroxyl groups is 1. The van der Waals surface area contributed by atoms with Crippen LogP contribution in [-0.4, -0.2) is 52.4 Å². The van der Waals surface area contributed by atoms with Crippen LogP contribution in [0.3, 0.4) is 0 Å². The fraction of sp³-hybridized carbons (Fsp3) is 0.577. The van der Waals surface area contributed by atoms with Crippen LogP contribution < -0.4 is 9.47 Å². The van der Waals surface area contributed by atoms with E-state index < -0.39 is 25.8 Å². The van der Waals surface area contributed by atoms with Gasteiger partial charge in [-0.05, 0) is 61.7 Å². The van der Waals surface area contributed by atoms with Gasteiger partial charge in [0.15, 0.2) is 13.7 Å². The Morgan fingerprint density at radius 2 is 1.94 bits per heavy atom. The lowest BCUT2D eigenvalue weighted by Crippen LogP contribution is -2.53. The van der Waals surface area contributed by atoms with Crippen LogP contribution in [0, 0.1) is 17.3 Å². The average Bonchev–Trinajstić information content (AvgIpc) is 2.75. The van der Waals surface area contributed by atoms with Crippen molar-refractivity contribution in [2.24, 2.45) is 5.41 Å². The molecule has 0 spiro atoms. The molecule has 2 rings (SSSR count). The quantitative estimate of drug-likeness (QED) is 0.279. The molecule has 0 radical (unpaired) electrons. The molecule has 0 bridgehead atoms. The molecule has 0 heterocycles. The number of methoxy groups -OCH3 is 2. The van der Waals surface area contributed by atoms with E-state index in [9.17, 15) is 9.90 Å². The maximum absolute atomic E-state index is 13.1. The van der Waals surface area contributed by atoms with Gasteiger partial charge in [-0.3, -0.25) is 4.79 Å². The molecule has 182 valence electrons. The molecular weight excluding hydrogens is 436 g/mol. The monoisotopic (exact) mass is 474 g/mol. The number of hydrogen-bond acceptors (Lipinski definition) is 6. The summed E-state index contributed by atoms with van der Waals surface area (Å²) in [6.07, 6.45) is -0.740. The third kappa shape index (κ3) is 5.63. The van der Waals surface area contributed by atoms with Crippen molar-refractivity contribution in [3.63, 3.8) is 0 Å². The van der Waals surface area contributed by atoms with Crippen LogP contribution >= 0.6 is 0 Å². The van der Waals surface area contributed by atoms with Crippen LogP contribution in [0.2, 0.25) is 18.1 Å². The van der Waals surface area contributed by atoms with E-state index in [-0.39, 0.29) is 17.7 Å². The molecule has 0 unspecified atom stereocenters. The Bertz CT molecular complexity index is 936. The van der Waals surface area contributed by atoms with Crippen LogP contribution in [-0.2, 0) is 14.0 Å². The van der Waals surface area contributed by atoms with E-state index in [4.69, 9.17) is 18.6 Å². The predicted octanol–water partition coefficient (Wildman–Crippen LogP) is 4.71. The number of benzene rings is 1. The van der Waals surface area contributed by atoms with Gasteiger partial charge in [0.25, 0.3) is 0 Å². The Kier molecular flexibility index (Phi) is 8.45. The SMILES string of the molecule is C=C1[C@@H](O[Si](C)(C)C(C)(C)C)CC[C@@](C#Cc2cc(OC)ccc2OC)(C(=O)OCC)[C@@H]1O. The van der Waals surface area contributed by atoms with Crippen LogP contribution in [0.25, 0.3) is 0 Å². The molecule has 1 N–H and O–H groups in total. The van der Waals surface area contributed by atoms with Crippen molar-refractivity contribution in [1.29, 1.82) is 0 Å². The maximum Gasteiger partial charge on any atom is 0.327 e. The zero-order valence-corrected chi connectivity index (χ0v) is 22.2. The second-order valence-electron chi connectivity index (χ2n) is 9.89. The smallest absolute Gasteiger partial charge is 0.327 e. The van der Waals surface area contributed by atoms with Crippen molar-refractivity contribution in [2.75, 3.05) is 20.8 Å². The molecule has 33 heavy (non-hydrogen) atoms. The molecule has 1 aliphatic carbocycles. The summed E-state index contributed by atoms with van der Waals surface area (Å²) in [5.41, 5.74) is -0.418. The lowest BCUT2D eigenvalue weighted by atomic mass is 9.69. The van der Waals surface area contributed by atoms with Gasteiger partial charge in [-0.1, -0.05) is 39.2 Å². The van der Waals surface area contributed by atoms with E-state index in [2.05, 4.69) is 52.3 Å². The second-order valence-corrected chi connectivity index (χ2v) is 14.6. The number of carbonyl (C=O) groups is 1. The summed E-state index contributed by atoms with van der Waals surface area (Å²) in [6, 6.07) is 5.25. The number of carbonyl (C=O) groups excluding carboxylic acids is 1. The number of rotatable bonds is 6. The second kappa shape index (κ2) is 10.3. The molecular formula is C26H38O6Si. The molecule has 1 aromatic rings. The number of ether oxygens (including phenoxy) is 3. The third-order valence-corrected chi connectivity index (χ3v) is 11.2. The highest BCUT2D eigenvalue weighted by Crippen LogP contribution is 2.45. The zero-order valence-electron chi connectivity index (χ0n) is 21.2. The molecule has 1 aliphatic rings. The lowest BCUT2D eigenvalue weighted by molar-refractivity contribution is -0.159. The minimum atomic E-state index is -2.10. The zero-order chi connectivity index (χ0) is 25.0. The van der Waals surface area contributed by atoms with Gasteiger partial charge in [-0.15, -0.1) is 0 Å². The summed E-state index contributed by atoms with van der Waals surface area (Å²) < 4.78 is 22.6. The first-order valence-corrected chi connectivity index (χ1v) is 14.2. The van der Waals surface area contributed by atoms with Gasteiger partial charge < -0.3 is 23.7 Å². The third-order valence-electron chi connectivity index (χ3n) is 6.74. The highest BCUT2D eigenvalue weighted by molar-refractivity contribution is 6.74. The van der Waals surface area contributed by atoms with E-state index >= 15 is 0 Å². The lowest BCUT2D eigenvalue weighted by Gasteiger charge is -2.45. The van der Waals surface area contributed by atoms with Crippen molar-refractivity contribution >= 4 is 14.3 Å². The normalized spacial score (nSPS) is 23.4. The van der Waals surface area contributed by atoms with Gasteiger partial charge >= 0.3 is 5.97 Å². The highest BCUT2D eigenvalue weighted by atomic mass is 28.4. The molecule has 0 aliphatic heterocycles. The van der Waals surface area contributed by atoms with Crippen LogP contribution in [0.4, 0.5) is 0 Å². The van der Waals surface area contributed by atoms with E-state index in [0.717, 1.165) is 0 Å². The van der Waals surface area contributed by atoms with Crippen LogP contribution in [0.1, 0.15) is 46.1 Å². The summed E-state index contributed by atoms with van der Waals surface area (Å²) in [5.74, 6) is 6.68. The van der Waals surface area contributed by atoms with Crippen molar-refractivity contribution in [3.05, 3.63) is 35.9 Å². The molecule has 0 aromatic heterocycles. The van der Waals surface area contributed by atoms with Crippen molar-refractivity contribution < 1.29 is 28.5 Å². The van der Waals surface area contributed by atoms with Crippen molar-refractivity contribution in [1.82, 2.24) is 0 Å². The minimum Gasteiger partial charge on any atom is -0.497 e. The first-order chi connectivity index (χ1) is 15.3. The molecule has 0 saturated heterocycles. The Morgan fingerprint density at radius 3 is 2.48 bits per heavy atom. The number of aliphatic hydroxyl groups excluding tert-OH is 1. The first kappa shape index (κ1) is 27.0. The Labute approximate surface area is 199 Å². The summed E-state index contributed by atoms with van der Waals surface area (Å²) in [7, 11) is 1.01. The van der Waals surface area contributed by atoms with E-state index in [1.807, 2.05) is 0 Å². The Hall–Kier alpha value is -2.27. The van der Waals surface area contributed by atoms with E-state index in [1.165, 1.54) is 0 Å². The maximum atomic E-state index is 13.1. The van der Waals surface area contributed by atoms with Gasteiger partial charge in [-0.25, -0.2) is 0 Å². The predicted molar refractivity (Wildman–Crippen MR) is 132 cm³/mol. The number of esters is 1. The van der Waals surface area contributed by atoms with Gasteiger partial charge in [0, 0.05) is 0 Å². The molecule has 1 fully saturated rings. The Balaban J connectivity index is 2.46. The van der Waals surface area contributed by atoms with Gasteiger partial charge in [0.1, 0.15) is 17.6 Å². The van der Waals surface area contributed by atoms with Crippen LogP contribution in [0.15, 0.2) is 30.4 Å². The molecule has 3 atom stereocenters. The summed E-state index contributed by atoms with van der Waals surface area (Å²) in [5, 5.41) is 11.3. The van der Waals surface area contributed by atoms with Crippen molar-refractivity contribution in [2.45, 2.75) is 70.9 Å². The van der Waals surface area contributed by atoms with Crippen molar-refractivity contribution in [3.8, 4) is 23.3 Å². The number of hydrogen-bond donors (Lipinski definition) is 1. The van der Waals surface area contributed by atoms with E-state index in [1.54, 1.807) is 39.3 Å². The summed E-state index contributed by atoms with van der Waals surface area (Å²) in [4.78, 5) is 13.1. The summed E-state index contributed by atoms with van der Waals surface area (Å²) in [6.45, 7) is 16.9.